The minimum absolute atomic E-state index is 0.514. The third-order valence-corrected chi connectivity index (χ3v) is 3.84. The first-order valence-corrected chi connectivity index (χ1v) is 5.52. The van der Waals surface area contributed by atoms with Crippen LogP contribution in [-0.2, 0) is 0 Å². The summed E-state index contributed by atoms with van der Waals surface area (Å²) in [6.45, 7) is 4.56. The number of hydrogen-bond acceptors (Lipinski definition) is 3. The van der Waals surface area contributed by atoms with Gasteiger partial charge >= 0.3 is 0 Å². The van der Waals surface area contributed by atoms with E-state index in [4.69, 9.17) is 0 Å². The SMILES string of the molecule is Cc1ccsc1C1N(C)CCN1C. The highest BCUT2D eigenvalue weighted by Gasteiger charge is 2.29. The Balaban J connectivity index is 2.29. The molecule has 2 heterocycles. The molecule has 1 aliphatic heterocycles. The number of likely N-dealkylation sites (N-methyl/N-ethyl adjacent to an activating group) is 2. The summed E-state index contributed by atoms with van der Waals surface area (Å²) in [4.78, 5) is 6.33. The fourth-order valence-corrected chi connectivity index (χ4v) is 3.10. The molecule has 1 aliphatic rings. The van der Waals surface area contributed by atoms with Gasteiger partial charge in [0.25, 0.3) is 0 Å². The van der Waals surface area contributed by atoms with E-state index in [2.05, 4.69) is 42.3 Å². The van der Waals surface area contributed by atoms with Crippen LogP contribution in [0.25, 0.3) is 0 Å². The molecule has 0 atom stereocenters. The molecular weight excluding hydrogens is 180 g/mol. The Morgan fingerprint density at radius 3 is 2.38 bits per heavy atom. The summed E-state index contributed by atoms with van der Waals surface area (Å²) in [6, 6.07) is 2.21. The number of thiophene rings is 1. The molecule has 3 heteroatoms. The van der Waals surface area contributed by atoms with Crippen molar-refractivity contribution in [2.24, 2.45) is 0 Å². The van der Waals surface area contributed by atoms with E-state index >= 15 is 0 Å². The Labute approximate surface area is 83.8 Å². The van der Waals surface area contributed by atoms with Crippen molar-refractivity contribution in [1.82, 2.24) is 9.80 Å². The highest BCUT2D eigenvalue weighted by Crippen LogP contribution is 2.32. The predicted molar refractivity (Wildman–Crippen MR) is 57.1 cm³/mol. The molecule has 0 radical (unpaired) electrons. The van der Waals surface area contributed by atoms with Gasteiger partial charge in [0.05, 0.1) is 6.17 Å². The second-order valence-electron chi connectivity index (χ2n) is 3.80. The van der Waals surface area contributed by atoms with Gasteiger partial charge in [-0.3, -0.25) is 9.80 Å². The maximum Gasteiger partial charge on any atom is 0.0979 e. The highest BCUT2D eigenvalue weighted by atomic mass is 32.1. The van der Waals surface area contributed by atoms with Gasteiger partial charge in [0, 0.05) is 18.0 Å². The van der Waals surface area contributed by atoms with E-state index in [1.165, 1.54) is 23.5 Å². The molecule has 0 aliphatic carbocycles. The molecule has 1 saturated heterocycles. The largest absolute Gasteiger partial charge is 0.285 e. The summed E-state index contributed by atoms with van der Waals surface area (Å²) in [6.07, 6.45) is 0.514. The first kappa shape index (κ1) is 9.19. The van der Waals surface area contributed by atoms with Crippen LogP contribution < -0.4 is 0 Å². The highest BCUT2D eigenvalue weighted by molar-refractivity contribution is 7.10. The second kappa shape index (κ2) is 3.40. The third kappa shape index (κ3) is 1.52. The van der Waals surface area contributed by atoms with Crippen molar-refractivity contribution in [3.8, 4) is 0 Å². The van der Waals surface area contributed by atoms with Gasteiger partial charge in [-0.1, -0.05) is 0 Å². The second-order valence-corrected chi connectivity index (χ2v) is 4.75. The van der Waals surface area contributed by atoms with Crippen molar-refractivity contribution < 1.29 is 0 Å². The maximum atomic E-state index is 2.42. The minimum atomic E-state index is 0.514. The molecule has 1 aromatic rings. The molecule has 0 bridgehead atoms. The molecule has 1 fully saturated rings. The smallest absolute Gasteiger partial charge is 0.0979 e. The molecule has 0 saturated carbocycles. The lowest BCUT2D eigenvalue weighted by molar-refractivity contribution is 0.194. The van der Waals surface area contributed by atoms with E-state index in [9.17, 15) is 0 Å². The number of hydrogen-bond donors (Lipinski definition) is 0. The molecule has 2 rings (SSSR count). The van der Waals surface area contributed by atoms with Crippen molar-refractivity contribution in [1.29, 1.82) is 0 Å². The van der Waals surface area contributed by atoms with Crippen LogP contribution >= 0.6 is 11.3 Å². The predicted octanol–water partition coefficient (Wildman–Crippen LogP) is 1.93. The number of rotatable bonds is 1. The van der Waals surface area contributed by atoms with Crippen LogP contribution in [0.5, 0.6) is 0 Å². The zero-order valence-electron chi connectivity index (χ0n) is 8.45. The molecule has 13 heavy (non-hydrogen) atoms. The minimum Gasteiger partial charge on any atom is -0.285 e. The van der Waals surface area contributed by atoms with Gasteiger partial charge < -0.3 is 0 Å². The summed E-state index contributed by atoms with van der Waals surface area (Å²) in [5.74, 6) is 0. The van der Waals surface area contributed by atoms with E-state index in [0.29, 0.717) is 6.17 Å². The Kier molecular flexibility index (Phi) is 2.41. The molecule has 0 amide bonds. The van der Waals surface area contributed by atoms with E-state index in [-0.39, 0.29) is 0 Å². The zero-order chi connectivity index (χ0) is 9.42. The van der Waals surface area contributed by atoms with Crippen LogP contribution in [0.4, 0.5) is 0 Å². The van der Waals surface area contributed by atoms with E-state index in [0.717, 1.165) is 0 Å². The normalized spacial score (nSPS) is 21.5. The van der Waals surface area contributed by atoms with Crippen molar-refractivity contribution in [2.75, 3.05) is 27.2 Å². The molecule has 1 aromatic heterocycles. The average Bonchev–Trinajstić information content (AvgIpc) is 2.60. The Hall–Kier alpha value is -0.380. The summed E-state index contributed by atoms with van der Waals surface area (Å²) >= 11 is 1.87. The first-order chi connectivity index (χ1) is 6.20. The fourth-order valence-electron chi connectivity index (χ4n) is 1.95. The van der Waals surface area contributed by atoms with Gasteiger partial charge in [0.2, 0.25) is 0 Å². The lowest BCUT2D eigenvalue weighted by Gasteiger charge is -2.24. The summed E-state index contributed by atoms with van der Waals surface area (Å²) in [5.41, 5.74) is 1.43. The van der Waals surface area contributed by atoms with Crippen LogP contribution in [0.15, 0.2) is 11.4 Å². The van der Waals surface area contributed by atoms with Crippen LogP contribution in [0, 0.1) is 6.92 Å². The number of nitrogens with zero attached hydrogens (tertiary/aromatic N) is 2. The lowest BCUT2D eigenvalue weighted by atomic mass is 10.2. The van der Waals surface area contributed by atoms with Gasteiger partial charge in [-0.15, -0.1) is 11.3 Å². The van der Waals surface area contributed by atoms with E-state index < -0.39 is 0 Å². The summed E-state index contributed by atoms with van der Waals surface area (Å²) < 4.78 is 0. The monoisotopic (exact) mass is 196 g/mol. The topological polar surface area (TPSA) is 6.48 Å². The van der Waals surface area contributed by atoms with Crippen molar-refractivity contribution >= 4 is 11.3 Å². The molecule has 0 N–H and O–H groups in total. The third-order valence-electron chi connectivity index (χ3n) is 2.78. The van der Waals surface area contributed by atoms with Gasteiger partial charge in [-0.05, 0) is 38.0 Å². The maximum absolute atomic E-state index is 2.42. The van der Waals surface area contributed by atoms with Gasteiger partial charge in [-0.25, -0.2) is 0 Å². The van der Waals surface area contributed by atoms with Crippen LogP contribution in [-0.4, -0.2) is 37.0 Å². The molecular formula is C10H16N2S. The average molecular weight is 196 g/mol. The molecule has 0 aromatic carbocycles. The Morgan fingerprint density at radius 1 is 1.31 bits per heavy atom. The van der Waals surface area contributed by atoms with E-state index in [1.54, 1.807) is 0 Å². The van der Waals surface area contributed by atoms with Crippen molar-refractivity contribution in [2.45, 2.75) is 13.1 Å². The summed E-state index contributed by atoms with van der Waals surface area (Å²) in [5, 5.41) is 2.19. The quantitative estimate of drug-likeness (QED) is 0.677. The lowest BCUT2D eigenvalue weighted by Crippen LogP contribution is -2.25. The van der Waals surface area contributed by atoms with Crippen molar-refractivity contribution in [3.63, 3.8) is 0 Å². The molecule has 72 valence electrons. The van der Waals surface area contributed by atoms with Crippen LogP contribution in [0.1, 0.15) is 16.6 Å². The summed E-state index contributed by atoms with van der Waals surface area (Å²) in [7, 11) is 4.40. The number of aryl methyl sites for hydroxylation is 1. The standard InChI is InChI=1S/C10H16N2S/c1-8-4-7-13-9(8)10-11(2)5-6-12(10)3/h4,7,10H,5-6H2,1-3H3. The van der Waals surface area contributed by atoms with E-state index in [1.807, 2.05) is 11.3 Å². The fraction of sp³-hybridized carbons (Fsp3) is 0.600. The van der Waals surface area contributed by atoms with Crippen LogP contribution in [0.3, 0.4) is 0 Å². The van der Waals surface area contributed by atoms with Crippen LogP contribution in [0.2, 0.25) is 0 Å². The molecule has 0 spiro atoms. The molecule has 2 nitrogen and oxygen atoms in total. The zero-order valence-corrected chi connectivity index (χ0v) is 9.27. The van der Waals surface area contributed by atoms with Gasteiger partial charge in [0.1, 0.15) is 0 Å². The van der Waals surface area contributed by atoms with Gasteiger partial charge in [-0.2, -0.15) is 0 Å². The Morgan fingerprint density at radius 2 is 1.92 bits per heavy atom. The first-order valence-electron chi connectivity index (χ1n) is 4.64. The Bertz CT molecular complexity index is 285. The van der Waals surface area contributed by atoms with Gasteiger partial charge in [0.15, 0.2) is 0 Å². The molecule has 0 unspecified atom stereocenters. The van der Waals surface area contributed by atoms with Crippen molar-refractivity contribution in [3.05, 3.63) is 21.9 Å².